The van der Waals surface area contributed by atoms with Gasteiger partial charge in [-0.1, -0.05) is 13.0 Å². The predicted molar refractivity (Wildman–Crippen MR) is 70.3 cm³/mol. The molecular formula is C14H21NO2. The van der Waals surface area contributed by atoms with Crippen LogP contribution in [0.2, 0.25) is 0 Å². The average Bonchev–Trinajstić information content (AvgIpc) is 2.29. The molecule has 0 aliphatic rings. The van der Waals surface area contributed by atoms with Crippen LogP contribution in [0, 0.1) is 6.92 Å². The summed E-state index contributed by atoms with van der Waals surface area (Å²) in [5.74, 6) is -0.188. The summed E-state index contributed by atoms with van der Waals surface area (Å²) in [6.45, 7) is 6.23. The molecule has 0 heterocycles. The summed E-state index contributed by atoms with van der Waals surface area (Å²) in [4.78, 5) is 11.1. The van der Waals surface area contributed by atoms with Gasteiger partial charge in [-0.05, 0) is 43.5 Å². The van der Waals surface area contributed by atoms with Gasteiger partial charge in [0.1, 0.15) is 0 Å². The lowest BCUT2D eigenvalue weighted by molar-refractivity contribution is -0.140. The molecule has 17 heavy (non-hydrogen) atoms. The third kappa shape index (κ3) is 4.10. The molecule has 0 radical (unpaired) electrons. The van der Waals surface area contributed by atoms with E-state index in [2.05, 4.69) is 42.1 Å². The Bertz CT molecular complexity index is 388. The van der Waals surface area contributed by atoms with Gasteiger partial charge < -0.3 is 10.1 Å². The first-order valence-corrected chi connectivity index (χ1v) is 5.99. The minimum atomic E-state index is -0.188. The monoisotopic (exact) mass is 235 g/mol. The van der Waals surface area contributed by atoms with Crippen LogP contribution < -0.4 is 5.32 Å². The van der Waals surface area contributed by atoms with E-state index in [1.54, 1.807) is 0 Å². The molecule has 1 atom stereocenters. The van der Waals surface area contributed by atoms with Gasteiger partial charge in [0.25, 0.3) is 0 Å². The van der Waals surface area contributed by atoms with Crippen LogP contribution in [0.5, 0.6) is 0 Å². The maximum Gasteiger partial charge on any atom is 0.307 e. The molecule has 1 unspecified atom stereocenters. The van der Waals surface area contributed by atoms with E-state index in [0.717, 1.165) is 12.1 Å². The topological polar surface area (TPSA) is 38.3 Å². The molecule has 1 aromatic rings. The van der Waals surface area contributed by atoms with Crippen LogP contribution in [0.1, 0.15) is 31.4 Å². The van der Waals surface area contributed by atoms with Gasteiger partial charge in [-0.25, -0.2) is 0 Å². The van der Waals surface area contributed by atoms with Crippen LogP contribution in [0.25, 0.3) is 0 Å². The molecule has 0 saturated heterocycles. The first-order chi connectivity index (χ1) is 8.06. The Morgan fingerprint density at radius 3 is 2.71 bits per heavy atom. The predicted octanol–water partition coefficient (Wildman–Crippen LogP) is 2.92. The van der Waals surface area contributed by atoms with E-state index in [1.165, 1.54) is 18.2 Å². The number of hydrogen-bond donors (Lipinski definition) is 1. The molecule has 0 aromatic heterocycles. The van der Waals surface area contributed by atoms with Gasteiger partial charge in [-0.3, -0.25) is 4.79 Å². The number of carbonyl (C=O) groups excluding carboxylic acids is 1. The summed E-state index contributed by atoms with van der Waals surface area (Å²) in [5, 5.41) is 3.30. The van der Waals surface area contributed by atoms with Gasteiger partial charge in [-0.15, -0.1) is 0 Å². The van der Waals surface area contributed by atoms with Crippen LogP contribution in [0.3, 0.4) is 0 Å². The Labute approximate surface area is 103 Å². The smallest absolute Gasteiger partial charge is 0.307 e. The van der Waals surface area contributed by atoms with E-state index in [1.807, 2.05) is 6.92 Å². The molecule has 1 aromatic carbocycles. The van der Waals surface area contributed by atoms with E-state index in [0.29, 0.717) is 6.42 Å². The molecule has 0 aliphatic carbocycles. The second kappa shape index (κ2) is 6.28. The molecule has 94 valence electrons. The lowest BCUT2D eigenvalue weighted by atomic mass is 10.1. The molecule has 0 amide bonds. The van der Waals surface area contributed by atoms with Crippen LogP contribution in [0.4, 0.5) is 5.69 Å². The van der Waals surface area contributed by atoms with Gasteiger partial charge in [0, 0.05) is 11.7 Å². The van der Waals surface area contributed by atoms with E-state index >= 15 is 0 Å². The molecule has 3 heteroatoms. The van der Waals surface area contributed by atoms with Crippen molar-refractivity contribution in [2.45, 2.75) is 39.7 Å². The average molecular weight is 235 g/mol. The van der Waals surface area contributed by atoms with Gasteiger partial charge in [0.2, 0.25) is 0 Å². The number of nitrogens with one attached hydrogen (secondary N) is 1. The fourth-order valence-electron chi connectivity index (χ4n) is 1.85. The van der Waals surface area contributed by atoms with Crippen molar-refractivity contribution in [1.82, 2.24) is 0 Å². The number of rotatable bonds is 5. The minimum absolute atomic E-state index is 0.0781. The maximum absolute atomic E-state index is 11.1. The molecule has 0 aliphatic heterocycles. The van der Waals surface area contributed by atoms with Crippen molar-refractivity contribution in [2.24, 2.45) is 0 Å². The molecule has 1 rings (SSSR count). The summed E-state index contributed by atoms with van der Waals surface area (Å²) in [7, 11) is 1.41. The van der Waals surface area contributed by atoms with Gasteiger partial charge in [0.15, 0.2) is 0 Å². The second-order valence-electron chi connectivity index (χ2n) is 4.32. The highest BCUT2D eigenvalue weighted by molar-refractivity contribution is 5.70. The Balaban J connectivity index is 2.62. The van der Waals surface area contributed by atoms with Gasteiger partial charge >= 0.3 is 5.97 Å². The normalized spacial score (nSPS) is 12.0. The molecule has 0 bridgehead atoms. The number of hydrogen-bond acceptors (Lipinski definition) is 3. The number of ether oxygens (including phenoxy) is 1. The van der Waals surface area contributed by atoms with Crippen molar-refractivity contribution in [3.63, 3.8) is 0 Å². The summed E-state index contributed by atoms with van der Waals surface area (Å²) in [5.41, 5.74) is 3.69. The molecule has 0 saturated carbocycles. The molecule has 3 nitrogen and oxygen atoms in total. The molecule has 0 fully saturated rings. The van der Waals surface area contributed by atoms with Crippen molar-refractivity contribution in [3.8, 4) is 0 Å². The highest BCUT2D eigenvalue weighted by Crippen LogP contribution is 2.17. The zero-order valence-electron chi connectivity index (χ0n) is 11.0. The molecule has 0 spiro atoms. The van der Waals surface area contributed by atoms with Crippen molar-refractivity contribution >= 4 is 11.7 Å². The quantitative estimate of drug-likeness (QED) is 0.797. The summed E-state index contributed by atoms with van der Waals surface area (Å²) in [6, 6.07) is 6.38. The largest absolute Gasteiger partial charge is 0.469 e. The van der Waals surface area contributed by atoms with Crippen molar-refractivity contribution in [3.05, 3.63) is 29.3 Å². The first kappa shape index (κ1) is 13.6. The number of carbonyl (C=O) groups is 1. The third-order valence-electron chi connectivity index (χ3n) is 2.84. The Hall–Kier alpha value is -1.51. The Morgan fingerprint density at radius 2 is 2.18 bits per heavy atom. The maximum atomic E-state index is 11.1. The van der Waals surface area contributed by atoms with Crippen LogP contribution in [0.15, 0.2) is 18.2 Å². The van der Waals surface area contributed by atoms with Crippen LogP contribution in [-0.2, 0) is 16.0 Å². The zero-order valence-corrected chi connectivity index (χ0v) is 11.0. The first-order valence-electron chi connectivity index (χ1n) is 5.99. The van der Waals surface area contributed by atoms with Crippen LogP contribution >= 0.6 is 0 Å². The van der Waals surface area contributed by atoms with Crippen LogP contribution in [-0.4, -0.2) is 19.1 Å². The van der Waals surface area contributed by atoms with Crippen molar-refractivity contribution < 1.29 is 9.53 Å². The van der Waals surface area contributed by atoms with Gasteiger partial charge in [-0.2, -0.15) is 0 Å². The van der Waals surface area contributed by atoms with Gasteiger partial charge in [0.05, 0.1) is 13.5 Å². The number of benzene rings is 1. The fourth-order valence-corrected chi connectivity index (χ4v) is 1.85. The third-order valence-corrected chi connectivity index (χ3v) is 2.84. The van der Waals surface area contributed by atoms with E-state index in [4.69, 9.17) is 0 Å². The Kier molecular flexibility index (Phi) is 5.01. The molecule has 1 N–H and O–H groups in total. The van der Waals surface area contributed by atoms with Crippen molar-refractivity contribution in [1.29, 1.82) is 0 Å². The lowest BCUT2D eigenvalue weighted by Gasteiger charge is -2.15. The summed E-state index contributed by atoms with van der Waals surface area (Å²) in [6.07, 6.45) is 1.43. The fraction of sp³-hybridized carbons (Fsp3) is 0.500. The van der Waals surface area contributed by atoms with Crippen molar-refractivity contribution in [2.75, 3.05) is 12.4 Å². The number of esters is 1. The number of aryl methyl sites for hydroxylation is 2. The summed E-state index contributed by atoms with van der Waals surface area (Å²) < 4.78 is 4.64. The zero-order chi connectivity index (χ0) is 12.8. The van der Waals surface area contributed by atoms with E-state index in [-0.39, 0.29) is 12.0 Å². The standard InChI is InChI=1S/C14H21NO2/c1-5-12-6-7-13(8-10(12)2)15-11(3)9-14(16)17-4/h6-8,11,15H,5,9H2,1-4H3. The van der Waals surface area contributed by atoms with E-state index in [9.17, 15) is 4.79 Å². The van der Waals surface area contributed by atoms with E-state index < -0.39 is 0 Å². The number of methoxy groups -OCH3 is 1. The Morgan fingerprint density at radius 1 is 1.47 bits per heavy atom. The highest BCUT2D eigenvalue weighted by Gasteiger charge is 2.09. The minimum Gasteiger partial charge on any atom is -0.469 e. The lowest BCUT2D eigenvalue weighted by Crippen LogP contribution is -2.20. The highest BCUT2D eigenvalue weighted by atomic mass is 16.5. The number of anilines is 1. The SMILES string of the molecule is CCc1ccc(NC(C)CC(=O)OC)cc1C. The second-order valence-corrected chi connectivity index (χ2v) is 4.32. The summed E-state index contributed by atoms with van der Waals surface area (Å²) >= 11 is 0. The molecular weight excluding hydrogens is 214 g/mol.